The zero-order chi connectivity index (χ0) is 22.8. The van der Waals surface area contributed by atoms with E-state index in [1.54, 1.807) is 24.4 Å². The van der Waals surface area contributed by atoms with Crippen molar-refractivity contribution in [3.63, 3.8) is 0 Å². The summed E-state index contributed by atoms with van der Waals surface area (Å²) in [5, 5.41) is 24.0. The van der Waals surface area contributed by atoms with Crippen LogP contribution in [0.25, 0.3) is 17.0 Å². The summed E-state index contributed by atoms with van der Waals surface area (Å²) in [5.74, 6) is 0.346. The lowest BCUT2D eigenvalue weighted by Crippen LogP contribution is -2.19. The number of halogens is 1. The first-order valence-electron chi connectivity index (χ1n) is 9.82. The molecule has 3 aromatic heterocycles. The lowest BCUT2D eigenvalue weighted by molar-refractivity contribution is 0.101. The highest BCUT2D eigenvalue weighted by Crippen LogP contribution is 2.33. The standard InChI is InChI=1S/C21H19BrN6O4/c1-3-4-15-17(6-5-14(11(2)29)18(15)30)32-10-12-7-13(22)9-28-20(12)23-8-16(21(28)31)19-24-26-27-25-19/h5-9,30H,3-4,10H2,1-2H3,(H,24,25,26,27). The highest BCUT2D eigenvalue weighted by atomic mass is 79.9. The molecule has 1 aromatic carbocycles. The number of phenols is 1. The molecular formula is C21H19BrN6O4. The molecule has 0 spiro atoms. The molecule has 32 heavy (non-hydrogen) atoms. The van der Waals surface area contributed by atoms with Crippen LogP contribution in [0.4, 0.5) is 0 Å². The van der Waals surface area contributed by atoms with Gasteiger partial charge in [-0.25, -0.2) is 4.98 Å². The monoisotopic (exact) mass is 498 g/mol. The number of nitrogens with zero attached hydrogens (tertiary/aromatic N) is 5. The van der Waals surface area contributed by atoms with Crippen molar-refractivity contribution < 1.29 is 14.6 Å². The maximum Gasteiger partial charge on any atom is 0.269 e. The van der Waals surface area contributed by atoms with Crippen molar-refractivity contribution in [1.82, 2.24) is 30.0 Å². The van der Waals surface area contributed by atoms with E-state index < -0.39 is 0 Å². The van der Waals surface area contributed by atoms with E-state index in [-0.39, 0.29) is 40.7 Å². The predicted molar refractivity (Wildman–Crippen MR) is 119 cm³/mol. The minimum absolute atomic E-state index is 0.0601. The van der Waals surface area contributed by atoms with E-state index in [1.807, 2.05) is 6.92 Å². The van der Waals surface area contributed by atoms with Crippen LogP contribution in [0.1, 0.15) is 41.8 Å². The van der Waals surface area contributed by atoms with E-state index in [1.165, 1.54) is 17.5 Å². The van der Waals surface area contributed by atoms with Crippen LogP contribution in [-0.4, -0.2) is 40.9 Å². The number of H-pyrrole nitrogens is 1. The molecule has 0 aliphatic rings. The molecule has 4 aromatic rings. The summed E-state index contributed by atoms with van der Waals surface area (Å²) < 4.78 is 8.05. The van der Waals surface area contributed by atoms with Crippen molar-refractivity contribution in [2.24, 2.45) is 0 Å². The molecule has 0 aliphatic carbocycles. The Morgan fingerprint density at radius 3 is 2.84 bits per heavy atom. The number of rotatable bonds is 7. The summed E-state index contributed by atoms with van der Waals surface area (Å²) in [4.78, 5) is 29.2. The molecule has 4 rings (SSSR count). The van der Waals surface area contributed by atoms with Crippen LogP contribution in [0, 0.1) is 0 Å². The Kier molecular flexibility index (Phi) is 5.99. The third kappa shape index (κ3) is 3.98. The molecule has 3 heterocycles. The largest absolute Gasteiger partial charge is 0.507 e. The van der Waals surface area contributed by atoms with Gasteiger partial charge in [0.15, 0.2) is 5.78 Å². The minimum atomic E-state index is -0.353. The van der Waals surface area contributed by atoms with Crippen LogP contribution in [0.3, 0.4) is 0 Å². The quantitative estimate of drug-likeness (QED) is 0.371. The van der Waals surface area contributed by atoms with E-state index in [9.17, 15) is 14.7 Å². The normalized spacial score (nSPS) is 11.1. The molecule has 0 fully saturated rings. The lowest BCUT2D eigenvalue weighted by atomic mass is 10.0. The molecule has 0 unspecified atom stereocenters. The van der Waals surface area contributed by atoms with Crippen LogP contribution >= 0.6 is 15.9 Å². The van der Waals surface area contributed by atoms with Crippen molar-refractivity contribution >= 4 is 27.4 Å². The van der Waals surface area contributed by atoms with Crippen molar-refractivity contribution in [2.45, 2.75) is 33.3 Å². The van der Waals surface area contributed by atoms with Crippen LogP contribution in [-0.2, 0) is 13.0 Å². The average molecular weight is 499 g/mol. The molecule has 10 nitrogen and oxygen atoms in total. The van der Waals surface area contributed by atoms with Gasteiger partial charge in [0.25, 0.3) is 5.56 Å². The van der Waals surface area contributed by atoms with E-state index in [2.05, 4.69) is 41.5 Å². The summed E-state index contributed by atoms with van der Waals surface area (Å²) in [6.45, 7) is 3.47. The number of hydrogen-bond acceptors (Lipinski definition) is 8. The number of phenolic OH excluding ortho intramolecular Hbond substituents is 1. The minimum Gasteiger partial charge on any atom is -0.507 e. The fourth-order valence-corrected chi connectivity index (χ4v) is 3.92. The molecule has 0 atom stereocenters. The smallest absolute Gasteiger partial charge is 0.269 e. The zero-order valence-corrected chi connectivity index (χ0v) is 18.9. The maximum atomic E-state index is 13.0. The summed E-state index contributed by atoms with van der Waals surface area (Å²) in [5.41, 5.74) is 1.74. The Morgan fingerprint density at radius 2 is 2.16 bits per heavy atom. The molecule has 0 saturated heterocycles. The third-order valence-corrected chi connectivity index (χ3v) is 5.37. The highest BCUT2D eigenvalue weighted by Gasteiger charge is 2.18. The lowest BCUT2D eigenvalue weighted by Gasteiger charge is -2.15. The molecule has 164 valence electrons. The SMILES string of the molecule is CCCc1c(OCc2cc(Br)cn3c(=O)c(-c4nn[nH]n4)cnc23)ccc(C(C)=O)c1O. The van der Waals surface area contributed by atoms with Gasteiger partial charge < -0.3 is 9.84 Å². The zero-order valence-electron chi connectivity index (χ0n) is 17.3. The Morgan fingerprint density at radius 1 is 1.34 bits per heavy atom. The number of pyridine rings is 1. The molecular weight excluding hydrogens is 480 g/mol. The van der Waals surface area contributed by atoms with Crippen LogP contribution in [0.15, 0.2) is 39.9 Å². The number of ether oxygens (including phenoxy) is 1. The molecule has 11 heteroatoms. The van der Waals surface area contributed by atoms with Gasteiger partial charge in [-0.3, -0.25) is 14.0 Å². The van der Waals surface area contributed by atoms with E-state index >= 15 is 0 Å². The maximum absolute atomic E-state index is 13.0. The van der Waals surface area contributed by atoms with Gasteiger partial charge >= 0.3 is 0 Å². The van der Waals surface area contributed by atoms with Crippen LogP contribution in [0.5, 0.6) is 11.5 Å². The van der Waals surface area contributed by atoms with Crippen molar-refractivity contribution in [2.75, 3.05) is 0 Å². The first kappa shape index (κ1) is 21.6. The van der Waals surface area contributed by atoms with Gasteiger partial charge in [-0.15, -0.1) is 10.2 Å². The van der Waals surface area contributed by atoms with Crippen molar-refractivity contribution in [3.8, 4) is 22.9 Å². The van der Waals surface area contributed by atoms with Crippen molar-refractivity contribution in [1.29, 1.82) is 0 Å². The second-order valence-electron chi connectivity index (χ2n) is 7.12. The summed E-state index contributed by atoms with van der Waals surface area (Å²) in [6, 6.07) is 5.03. The summed E-state index contributed by atoms with van der Waals surface area (Å²) in [6.07, 6.45) is 4.32. The van der Waals surface area contributed by atoms with Gasteiger partial charge in [0, 0.05) is 28.0 Å². The van der Waals surface area contributed by atoms with Gasteiger partial charge in [-0.2, -0.15) is 5.21 Å². The number of hydrogen-bond donors (Lipinski definition) is 2. The number of carbonyl (C=O) groups is 1. The van der Waals surface area contributed by atoms with Gasteiger partial charge in [-0.1, -0.05) is 13.3 Å². The van der Waals surface area contributed by atoms with Gasteiger partial charge in [0.05, 0.1) is 5.56 Å². The average Bonchev–Trinajstić information content (AvgIpc) is 3.29. The van der Waals surface area contributed by atoms with Gasteiger partial charge in [0.1, 0.15) is 29.3 Å². The number of ketones is 1. The van der Waals surface area contributed by atoms with Crippen molar-refractivity contribution in [3.05, 3.63) is 62.1 Å². The second-order valence-corrected chi connectivity index (χ2v) is 8.04. The summed E-state index contributed by atoms with van der Waals surface area (Å²) >= 11 is 3.42. The van der Waals surface area contributed by atoms with E-state index in [0.29, 0.717) is 33.4 Å². The number of benzene rings is 1. The highest BCUT2D eigenvalue weighted by molar-refractivity contribution is 9.10. The number of nitrogens with one attached hydrogen (secondary N) is 1. The molecule has 0 amide bonds. The number of aromatic hydroxyl groups is 1. The summed E-state index contributed by atoms with van der Waals surface area (Å²) in [7, 11) is 0. The second kappa shape index (κ2) is 8.87. The fourth-order valence-electron chi connectivity index (χ4n) is 3.44. The van der Waals surface area contributed by atoms with E-state index in [0.717, 1.165) is 6.42 Å². The number of fused-ring (bicyclic) bond motifs is 1. The Bertz CT molecular complexity index is 1370. The number of Topliss-reactive ketones (excluding diaryl/α,β-unsaturated/α-hetero) is 1. The number of aromatic amines is 1. The Hall–Kier alpha value is -3.60. The van der Waals surface area contributed by atoms with Crippen LogP contribution < -0.4 is 10.3 Å². The first-order chi connectivity index (χ1) is 15.4. The first-order valence-corrected chi connectivity index (χ1v) is 10.6. The predicted octanol–water partition coefficient (Wildman–Crippen LogP) is 3.08. The van der Waals surface area contributed by atoms with Gasteiger partial charge in [-0.05, 0) is 52.7 Å². The number of carbonyl (C=O) groups excluding carboxylic acids is 1. The number of tetrazole rings is 1. The molecule has 0 bridgehead atoms. The van der Waals surface area contributed by atoms with E-state index in [4.69, 9.17) is 4.74 Å². The third-order valence-electron chi connectivity index (χ3n) is 4.93. The molecule has 0 saturated carbocycles. The molecule has 0 radical (unpaired) electrons. The van der Waals surface area contributed by atoms with Crippen LogP contribution in [0.2, 0.25) is 0 Å². The molecule has 0 aliphatic heterocycles. The Labute approximate surface area is 190 Å². The van der Waals surface area contributed by atoms with Gasteiger partial charge in [0.2, 0.25) is 5.82 Å². The molecule has 2 N–H and O–H groups in total. The topological polar surface area (TPSA) is 135 Å². The number of aromatic nitrogens is 6. The fraction of sp³-hybridized carbons (Fsp3) is 0.238. The Balaban J connectivity index is 1.73.